The average molecular weight is 579 g/mol. The summed E-state index contributed by atoms with van der Waals surface area (Å²) in [4.78, 5) is 13.0. The number of carbonyl (C=O) groups is 1. The Hall–Kier alpha value is -2.75. The Morgan fingerprint density at radius 2 is 1.61 bits per heavy atom. The molecule has 0 bridgehead atoms. The number of amides is 1. The van der Waals surface area contributed by atoms with Crippen LogP contribution in [0.15, 0.2) is 36.4 Å². The Morgan fingerprint density at radius 1 is 0.927 bits per heavy atom. The Balaban J connectivity index is 2.02. The lowest BCUT2D eigenvalue weighted by Gasteiger charge is -2.30. The van der Waals surface area contributed by atoms with Gasteiger partial charge in [-0.05, 0) is 72.4 Å². The van der Waals surface area contributed by atoms with E-state index in [1.807, 2.05) is 32.0 Å². The van der Waals surface area contributed by atoms with Crippen molar-refractivity contribution in [2.24, 2.45) is 29.4 Å². The Morgan fingerprint density at radius 3 is 2.20 bits per heavy atom. The molecule has 4 atom stereocenters. The summed E-state index contributed by atoms with van der Waals surface area (Å²) < 4.78 is 43.5. The monoisotopic (exact) mass is 578 g/mol. The van der Waals surface area contributed by atoms with Crippen LogP contribution in [0.25, 0.3) is 0 Å². The molecule has 0 aliphatic rings. The van der Waals surface area contributed by atoms with Crippen molar-refractivity contribution in [1.82, 2.24) is 5.32 Å². The average Bonchev–Trinajstić information content (AvgIpc) is 2.91. The first kappa shape index (κ1) is 34.5. The van der Waals surface area contributed by atoms with Crippen LogP contribution in [-0.4, -0.2) is 50.6 Å². The van der Waals surface area contributed by atoms with Crippen LogP contribution in [0.2, 0.25) is 0 Å². The van der Waals surface area contributed by atoms with Crippen molar-refractivity contribution in [1.29, 1.82) is 0 Å². The summed E-state index contributed by atoms with van der Waals surface area (Å²) >= 11 is 0. The zero-order chi connectivity index (χ0) is 30.5. The Kier molecular flexibility index (Phi) is 14.5. The van der Waals surface area contributed by atoms with Crippen LogP contribution in [0.5, 0.6) is 11.5 Å². The second kappa shape index (κ2) is 17.3. The van der Waals surface area contributed by atoms with Crippen LogP contribution in [0, 0.1) is 35.3 Å². The Labute approximate surface area is 243 Å². The molecule has 0 saturated carbocycles. The van der Waals surface area contributed by atoms with E-state index in [1.165, 1.54) is 12.1 Å². The van der Waals surface area contributed by atoms with Crippen molar-refractivity contribution in [3.63, 3.8) is 0 Å². The summed E-state index contributed by atoms with van der Waals surface area (Å²) in [6.45, 7) is 9.20. The van der Waals surface area contributed by atoms with E-state index in [0.29, 0.717) is 42.6 Å². The summed E-state index contributed by atoms with van der Waals surface area (Å²) in [5.74, 6) is -0.421. The lowest BCUT2D eigenvalue weighted by atomic mass is 9.81. The van der Waals surface area contributed by atoms with Crippen LogP contribution < -0.4 is 20.5 Å². The highest BCUT2D eigenvalue weighted by molar-refractivity contribution is 5.78. The highest BCUT2D eigenvalue weighted by Crippen LogP contribution is 2.32. The van der Waals surface area contributed by atoms with E-state index in [2.05, 4.69) is 19.2 Å². The van der Waals surface area contributed by atoms with E-state index in [1.54, 1.807) is 14.2 Å². The van der Waals surface area contributed by atoms with Crippen molar-refractivity contribution >= 4 is 5.91 Å². The minimum atomic E-state index is -0.892. The van der Waals surface area contributed by atoms with Gasteiger partial charge in [0.25, 0.3) is 0 Å². The Bertz CT molecular complexity index is 1060. The predicted octanol–water partition coefficient (Wildman–Crippen LogP) is 5.26. The van der Waals surface area contributed by atoms with Crippen molar-refractivity contribution < 1.29 is 32.9 Å². The van der Waals surface area contributed by atoms with Crippen LogP contribution in [0.1, 0.15) is 58.1 Å². The third kappa shape index (κ3) is 11.6. The summed E-state index contributed by atoms with van der Waals surface area (Å²) in [6, 6.07) is 8.53. The van der Waals surface area contributed by atoms with E-state index in [9.17, 15) is 18.7 Å². The topological polar surface area (TPSA) is 103 Å². The van der Waals surface area contributed by atoms with Gasteiger partial charge in [0.05, 0.1) is 19.8 Å². The van der Waals surface area contributed by atoms with Gasteiger partial charge in [0.15, 0.2) is 11.5 Å². The number of hydrogen-bond donors (Lipinski definition) is 3. The number of nitrogens with one attached hydrogen (secondary N) is 1. The summed E-state index contributed by atoms with van der Waals surface area (Å²) in [5, 5.41) is 13.8. The molecular weight excluding hydrogens is 530 g/mol. The molecule has 0 aliphatic carbocycles. The van der Waals surface area contributed by atoms with Gasteiger partial charge in [0.2, 0.25) is 5.91 Å². The quantitative estimate of drug-likeness (QED) is 0.209. The van der Waals surface area contributed by atoms with Crippen LogP contribution >= 0.6 is 0 Å². The fourth-order valence-electron chi connectivity index (χ4n) is 4.90. The molecule has 0 aliphatic heterocycles. The second-order valence-electron chi connectivity index (χ2n) is 11.4. The number of aliphatic hydroxyl groups excluding tert-OH is 1. The lowest BCUT2D eigenvalue weighted by molar-refractivity contribution is -0.127. The van der Waals surface area contributed by atoms with Crippen molar-refractivity contribution in [2.45, 2.75) is 72.1 Å². The van der Waals surface area contributed by atoms with Crippen LogP contribution in [0.4, 0.5) is 8.78 Å². The minimum absolute atomic E-state index is 0.00570. The van der Waals surface area contributed by atoms with Gasteiger partial charge in [-0.15, -0.1) is 0 Å². The summed E-state index contributed by atoms with van der Waals surface area (Å²) in [6.07, 6.45) is 1.38. The van der Waals surface area contributed by atoms with Gasteiger partial charge >= 0.3 is 0 Å². The number of halogens is 2. The fraction of sp³-hybridized carbons (Fsp3) is 0.594. The maximum atomic E-state index is 13.5. The zero-order valence-electron chi connectivity index (χ0n) is 25.3. The van der Waals surface area contributed by atoms with Gasteiger partial charge in [-0.25, -0.2) is 8.78 Å². The van der Waals surface area contributed by atoms with E-state index in [-0.39, 0.29) is 30.7 Å². The highest BCUT2D eigenvalue weighted by atomic mass is 19.1. The van der Waals surface area contributed by atoms with Gasteiger partial charge in [-0.3, -0.25) is 4.79 Å². The largest absolute Gasteiger partial charge is 0.493 e. The van der Waals surface area contributed by atoms with Gasteiger partial charge in [-0.2, -0.15) is 0 Å². The molecule has 4 N–H and O–H groups in total. The van der Waals surface area contributed by atoms with Gasteiger partial charge in [-0.1, -0.05) is 33.8 Å². The molecule has 1 amide bonds. The molecular formula is C32H48F2N2O5. The molecule has 0 heterocycles. The molecule has 41 heavy (non-hydrogen) atoms. The molecule has 230 valence electrons. The molecule has 2 aromatic rings. The van der Waals surface area contributed by atoms with E-state index >= 15 is 0 Å². The normalized spacial score (nSPS) is 14.5. The molecule has 0 fully saturated rings. The number of methoxy groups -OCH3 is 2. The molecule has 2 aromatic carbocycles. The highest BCUT2D eigenvalue weighted by Gasteiger charge is 2.30. The minimum Gasteiger partial charge on any atom is -0.493 e. The molecule has 2 rings (SSSR count). The van der Waals surface area contributed by atoms with Crippen molar-refractivity contribution in [2.75, 3.05) is 27.4 Å². The fourth-order valence-corrected chi connectivity index (χ4v) is 4.90. The number of benzene rings is 2. The van der Waals surface area contributed by atoms with Gasteiger partial charge in [0, 0.05) is 44.7 Å². The van der Waals surface area contributed by atoms with Crippen molar-refractivity contribution in [3.8, 4) is 11.5 Å². The molecule has 7 nitrogen and oxygen atoms in total. The first-order valence-corrected chi connectivity index (χ1v) is 14.4. The number of nitrogens with two attached hydrogens (primary N) is 1. The maximum Gasteiger partial charge on any atom is 0.223 e. The van der Waals surface area contributed by atoms with Gasteiger partial charge < -0.3 is 30.4 Å². The van der Waals surface area contributed by atoms with Crippen molar-refractivity contribution in [3.05, 3.63) is 59.2 Å². The molecule has 0 aromatic heterocycles. The standard InChI is InChI=1S/C32H48F2N2O5/c1-20(2)24(12-22-8-9-30(40-6)31(15-22)41-11-7-10-39-5)16-28(35)29(37)18-27(21(3)4)32(38)36-19-23-13-25(33)17-26(34)14-23/h8-9,13-15,17,20-21,24,27-29,37H,7,10-12,16,18-19,35H2,1-6H3,(H,36,38)/t24-,27-,28-,29-/m0/s1. The summed E-state index contributed by atoms with van der Waals surface area (Å²) in [5.41, 5.74) is 7.92. The lowest BCUT2D eigenvalue weighted by Crippen LogP contribution is -2.42. The smallest absolute Gasteiger partial charge is 0.223 e. The second-order valence-corrected chi connectivity index (χ2v) is 11.4. The number of carbonyl (C=O) groups excluding carboxylic acids is 1. The molecule has 0 unspecified atom stereocenters. The first-order valence-electron chi connectivity index (χ1n) is 14.4. The van der Waals surface area contributed by atoms with Gasteiger partial charge in [0.1, 0.15) is 11.6 Å². The predicted molar refractivity (Wildman–Crippen MR) is 157 cm³/mol. The van der Waals surface area contributed by atoms with Crippen LogP contribution in [0.3, 0.4) is 0 Å². The summed E-state index contributed by atoms with van der Waals surface area (Å²) in [7, 11) is 3.27. The third-order valence-electron chi connectivity index (χ3n) is 7.51. The van der Waals surface area contributed by atoms with E-state index in [0.717, 1.165) is 24.5 Å². The number of aliphatic hydroxyl groups is 1. The maximum absolute atomic E-state index is 13.5. The molecule has 0 spiro atoms. The zero-order valence-corrected chi connectivity index (χ0v) is 25.3. The number of hydrogen-bond acceptors (Lipinski definition) is 6. The van der Waals surface area contributed by atoms with E-state index < -0.39 is 29.7 Å². The SMILES string of the molecule is COCCCOc1cc(C[C@@H](C[C@H](N)[C@@H](O)C[C@H](C(=O)NCc2cc(F)cc(F)c2)C(C)C)C(C)C)ccc1OC. The number of ether oxygens (including phenoxy) is 3. The first-order chi connectivity index (χ1) is 19.4. The van der Waals surface area contributed by atoms with Crippen LogP contribution in [-0.2, 0) is 22.5 Å². The number of rotatable bonds is 18. The molecule has 0 saturated heterocycles. The van der Waals surface area contributed by atoms with E-state index in [4.69, 9.17) is 19.9 Å². The molecule has 9 heteroatoms. The molecule has 0 radical (unpaired) electrons. The third-order valence-corrected chi connectivity index (χ3v) is 7.51.